The summed E-state index contributed by atoms with van der Waals surface area (Å²) in [6.45, 7) is 2.04. The summed E-state index contributed by atoms with van der Waals surface area (Å²) < 4.78 is 1.03. The van der Waals surface area contributed by atoms with E-state index in [1.807, 2.05) is 55.5 Å². The molecule has 0 saturated carbocycles. The number of halogens is 1. The number of carbonyl (C=O) groups excluding carboxylic acids is 1. The van der Waals surface area contributed by atoms with Crippen molar-refractivity contribution in [1.29, 1.82) is 0 Å². The fourth-order valence-corrected chi connectivity index (χ4v) is 3.61. The molecule has 0 aliphatic carbocycles. The molecule has 0 bridgehead atoms. The number of thiophene rings is 1. The van der Waals surface area contributed by atoms with Crippen molar-refractivity contribution in [2.24, 2.45) is 5.10 Å². The maximum atomic E-state index is 12.1. The van der Waals surface area contributed by atoms with Crippen LogP contribution < -0.4 is 5.43 Å². The first-order valence-corrected chi connectivity index (χ1v) is 8.79. The summed E-state index contributed by atoms with van der Waals surface area (Å²) in [5, 5.41) is 6.21. The Morgan fingerprint density at radius 3 is 2.70 bits per heavy atom. The van der Waals surface area contributed by atoms with Crippen LogP contribution in [0, 0.1) is 6.92 Å². The Morgan fingerprint density at radius 2 is 1.96 bits per heavy atom. The molecule has 1 heterocycles. The summed E-state index contributed by atoms with van der Waals surface area (Å²) in [5.74, 6) is -0.123. The minimum Gasteiger partial charge on any atom is -0.273 e. The predicted molar refractivity (Wildman–Crippen MR) is 100 cm³/mol. The highest BCUT2D eigenvalue weighted by Gasteiger charge is 2.08. The van der Waals surface area contributed by atoms with Gasteiger partial charge in [0.15, 0.2) is 0 Å². The molecule has 0 spiro atoms. The van der Waals surface area contributed by atoms with E-state index >= 15 is 0 Å². The number of carbonyl (C=O) groups is 1. The van der Waals surface area contributed by atoms with Gasteiger partial charge in [-0.2, -0.15) is 5.10 Å². The van der Waals surface area contributed by atoms with Gasteiger partial charge >= 0.3 is 0 Å². The van der Waals surface area contributed by atoms with Crippen molar-refractivity contribution < 1.29 is 4.79 Å². The van der Waals surface area contributed by atoms with E-state index in [1.54, 1.807) is 17.6 Å². The number of nitrogens with one attached hydrogen (secondary N) is 1. The molecule has 5 heteroatoms. The highest BCUT2D eigenvalue weighted by atomic mass is 79.9. The summed E-state index contributed by atoms with van der Waals surface area (Å²) in [7, 11) is 0. The molecule has 0 aliphatic heterocycles. The normalized spacial score (nSPS) is 11.2. The lowest BCUT2D eigenvalue weighted by molar-refractivity contribution is -0.120. The van der Waals surface area contributed by atoms with Crippen LogP contribution in [0.5, 0.6) is 0 Å². The minimum atomic E-state index is -0.123. The van der Waals surface area contributed by atoms with Crippen molar-refractivity contribution >= 4 is 50.2 Å². The largest absolute Gasteiger partial charge is 0.273 e. The lowest BCUT2D eigenvalue weighted by Crippen LogP contribution is -2.19. The third-order valence-electron chi connectivity index (χ3n) is 3.45. The van der Waals surface area contributed by atoms with Gasteiger partial charge in [0.1, 0.15) is 0 Å². The molecule has 1 aromatic heterocycles. The zero-order chi connectivity index (χ0) is 16.2. The number of amides is 1. The van der Waals surface area contributed by atoms with Gasteiger partial charge in [-0.3, -0.25) is 4.79 Å². The van der Waals surface area contributed by atoms with E-state index in [-0.39, 0.29) is 5.91 Å². The molecule has 0 unspecified atom stereocenters. The van der Waals surface area contributed by atoms with Crippen molar-refractivity contribution in [3.05, 3.63) is 68.3 Å². The molecule has 2 aromatic carbocycles. The smallest absolute Gasteiger partial charge is 0.244 e. The van der Waals surface area contributed by atoms with Crippen molar-refractivity contribution in [3.63, 3.8) is 0 Å². The second kappa shape index (κ2) is 7.06. The maximum absolute atomic E-state index is 12.1. The lowest BCUT2D eigenvalue weighted by atomic mass is 10.0. The Balaban J connectivity index is 1.71. The third kappa shape index (κ3) is 3.86. The second-order valence-electron chi connectivity index (χ2n) is 5.17. The van der Waals surface area contributed by atoms with E-state index in [2.05, 4.69) is 26.5 Å². The Hall–Kier alpha value is -1.98. The molecule has 3 rings (SSSR count). The summed E-state index contributed by atoms with van der Waals surface area (Å²) >= 11 is 5.19. The van der Waals surface area contributed by atoms with Crippen LogP contribution in [0.3, 0.4) is 0 Å². The molecule has 0 atom stereocenters. The molecule has 116 valence electrons. The zero-order valence-electron chi connectivity index (χ0n) is 12.5. The molecule has 3 nitrogen and oxygen atoms in total. The van der Waals surface area contributed by atoms with E-state index < -0.39 is 0 Å². The molecular formula is C18H15BrN2OS. The van der Waals surface area contributed by atoms with Crippen molar-refractivity contribution in [1.82, 2.24) is 5.43 Å². The van der Waals surface area contributed by atoms with Gasteiger partial charge < -0.3 is 0 Å². The standard InChI is InChI=1S/C18H15BrN2OS/c1-12-6-8-14(23-12)11-20-21-18(22)10-13-7-9-17(19)16-5-3-2-4-15(13)16/h2-9,11H,10H2,1H3,(H,21,22)/b20-11-. The van der Waals surface area contributed by atoms with E-state index in [1.165, 1.54) is 4.88 Å². The summed E-state index contributed by atoms with van der Waals surface area (Å²) in [6, 6.07) is 16.0. The Bertz CT molecular complexity index is 886. The van der Waals surface area contributed by atoms with Gasteiger partial charge in [0.2, 0.25) is 5.91 Å². The SMILES string of the molecule is Cc1ccc(/C=N\NC(=O)Cc2ccc(Br)c3ccccc23)s1. The van der Waals surface area contributed by atoms with Crippen LogP contribution in [-0.2, 0) is 11.2 Å². The van der Waals surface area contributed by atoms with Crippen molar-refractivity contribution in [2.45, 2.75) is 13.3 Å². The number of rotatable bonds is 4. The molecular weight excluding hydrogens is 372 g/mol. The topological polar surface area (TPSA) is 41.5 Å². The Morgan fingerprint density at radius 1 is 1.17 bits per heavy atom. The number of nitrogens with zero attached hydrogens (tertiary/aromatic N) is 1. The molecule has 1 N–H and O–H groups in total. The summed E-state index contributed by atoms with van der Waals surface area (Å²) in [5.41, 5.74) is 3.58. The monoisotopic (exact) mass is 386 g/mol. The quantitative estimate of drug-likeness (QED) is 0.513. The van der Waals surface area contributed by atoms with Crippen molar-refractivity contribution in [2.75, 3.05) is 0 Å². The molecule has 0 radical (unpaired) electrons. The Kier molecular flexibility index (Phi) is 4.88. The zero-order valence-corrected chi connectivity index (χ0v) is 14.9. The molecule has 23 heavy (non-hydrogen) atoms. The predicted octanol–water partition coefficient (Wildman–Crippen LogP) is 4.67. The van der Waals surface area contributed by atoms with Crippen molar-refractivity contribution in [3.8, 4) is 0 Å². The van der Waals surface area contributed by atoms with Gasteiger partial charge in [-0.15, -0.1) is 11.3 Å². The van der Waals surface area contributed by atoms with Crippen LogP contribution in [-0.4, -0.2) is 12.1 Å². The highest BCUT2D eigenvalue weighted by Crippen LogP contribution is 2.27. The average Bonchev–Trinajstić information content (AvgIpc) is 2.96. The number of fused-ring (bicyclic) bond motifs is 1. The Labute approximate surface area is 147 Å². The fraction of sp³-hybridized carbons (Fsp3) is 0.111. The van der Waals surface area contributed by atoms with Gasteiger partial charge in [0.05, 0.1) is 12.6 Å². The van der Waals surface area contributed by atoms with E-state index in [9.17, 15) is 4.79 Å². The second-order valence-corrected chi connectivity index (χ2v) is 7.34. The van der Waals surface area contributed by atoms with Gasteiger partial charge in [0, 0.05) is 14.2 Å². The third-order valence-corrected chi connectivity index (χ3v) is 5.08. The number of hydrogen-bond acceptors (Lipinski definition) is 3. The molecule has 0 aliphatic rings. The minimum absolute atomic E-state index is 0.123. The van der Waals surface area contributed by atoms with Crippen LogP contribution in [0.25, 0.3) is 10.8 Å². The van der Waals surface area contributed by atoms with Gasteiger partial charge in [-0.1, -0.05) is 46.3 Å². The molecule has 0 fully saturated rings. The molecule has 0 saturated heterocycles. The summed E-state index contributed by atoms with van der Waals surface area (Å²) in [4.78, 5) is 14.3. The first kappa shape index (κ1) is 15.9. The van der Waals surface area contributed by atoms with E-state index in [0.29, 0.717) is 6.42 Å². The first-order chi connectivity index (χ1) is 11.1. The van der Waals surface area contributed by atoms with Crippen LogP contribution in [0.15, 0.2) is 58.1 Å². The van der Waals surface area contributed by atoms with E-state index in [4.69, 9.17) is 0 Å². The first-order valence-electron chi connectivity index (χ1n) is 7.18. The maximum Gasteiger partial charge on any atom is 0.244 e. The number of benzene rings is 2. The number of hydrazone groups is 1. The van der Waals surface area contributed by atoms with Gasteiger partial charge in [0.25, 0.3) is 0 Å². The van der Waals surface area contributed by atoms with Crippen LogP contribution >= 0.6 is 27.3 Å². The number of hydrogen-bond donors (Lipinski definition) is 1. The van der Waals surface area contributed by atoms with Crippen LogP contribution in [0.4, 0.5) is 0 Å². The molecule has 1 amide bonds. The average molecular weight is 387 g/mol. The fourth-order valence-electron chi connectivity index (χ4n) is 2.38. The van der Waals surface area contributed by atoms with E-state index in [0.717, 1.165) is 25.7 Å². The van der Waals surface area contributed by atoms with Crippen LogP contribution in [0.1, 0.15) is 15.3 Å². The molecule has 3 aromatic rings. The van der Waals surface area contributed by atoms with Gasteiger partial charge in [-0.25, -0.2) is 5.43 Å². The number of aryl methyl sites for hydroxylation is 1. The highest BCUT2D eigenvalue weighted by molar-refractivity contribution is 9.10. The lowest BCUT2D eigenvalue weighted by Gasteiger charge is -2.07. The van der Waals surface area contributed by atoms with Gasteiger partial charge in [-0.05, 0) is 41.5 Å². The van der Waals surface area contributed by atoms with Crippen LogP contribution in [0.2, 0.25) is 0 Å². The summed E-state index contributed by atoms with van der Waals surface area (Å²) in [6.07, 6.45) is 1.98.